The van der Waals surface area contributed by atoms with Crippen LogP contribution in [0.1, 0.15) is 19.3 Å². The minimum absolute atomic E-state index is 0.159. The first-order chi connectivity index (χ1) is 10.3. The number of benzene rings is 1. The molecule has 0 atom stereocenters. The average Bonchev–Trinajstić information content (AvgIpc) is 2.98. The number of aromatic nitrogens is 2. The SMILES string of the molecule is O=C(Nc1ccc(-c2cn3c(n2)SCC3)cc1)C1CCC1. The number of rotatable bonds is 3. The molecular weight excluding hydrogens is 282 g/mol. The lowest BCUT2D eigenvalue weighted by Gasteiger charge is -2.24. The molecular formula is C16H17N3OS. The summed E-state index contributed by atoms with van der Waals surface area (Å²) in [6.45, 7) is 1.04. The van der Waals surface area contributed by atoms with Crippen molar-refractivity contribution in [1.82, 2.24) is 9.55 Å². The van der Waals surface area contributed by atoms with Crippen LogP contribution in [-0.2, 0) is 11.3 Å². The summed E-state index contributed by atoms with van der Waals surface area (Å²) in [5, 5.41) is 4.10. The third kappa shape index (κ3) is 2.46. The van der Waals surface area contributed by atoms with E-state index in [1.54, 1.807) is 11.8 Å². The van der Waals surface area contributed by atoms with Crippen molar-refractivity contribution in [1.29, 1.82) is 0 Å². The number of anilines is 1. The number of carbonyl (C=O) groups excluding carboxylic acids is 1. The van der Waals surface area contributed by atoms with Crippen LogP contribution in [0.3, 0.4) is 0 Å². The highest BCUT2D eigenvalue weighted by Crippen LogP contribution is 2.30. The van der Waals surface area contributed by atoms with Crippen LogP contribution in [0.15, 0.2) is 35.6 Å². The summed E-state index contributed by atoms with van der Waals surface area (Å²) in [7, 11) is 0. The lowest BCUT2D eigenvalue weighted by molar-refractivity contribution is -0.122. The fourth-order valence-corrected chi connectivity index (χ4v) is 3.63. The van der Waals surface area contributed by atoms with Gasteiger partial charge < -0.3 is 9.88 Å². The van der Waals surface area contributed by atoms with E-state index < -0.39 is 0 Å². The third-order valence-electron chi connectivity index (χ3n) is 4.23. The van der Waals surface area contributed by atoms with E-state index in [1.807, 2.05) is 24.3 Å². The summed E-state index contributed by atoms with van der Waals surface area (Å²) in [5.74, 6) is 1.50. The van der Waals surface area contributed by atoms with Crippen LogP contribution in [-0.4, -0.2) is 21.2 Å². The molecule has 0 unspecified atom stereocenters. The highest BCUT2D eigenvalue weighted by Gasteiger charge is 2.25. The summed E-state index contributed by atoms with van der Waals surface area (Å²) in [4.78, 5) is 16.6. The first-order valence-corrected chi connectivity index (χ1v) is 8.39. The van der Waals surface area contributed by atoms with E-state index in [0.29, 0.717) is 0 Å². The van der Waals surface area contributed by atoms with Crippen molar-refractivity contribution in [3.63, 3.8) is 0 Å². The van der Waals surface area contributed by atoms with Gasteiger partial charge in [0.2, 0.25) is 5.91 Å². The maximum absolute atomic E-state index is 11.9. The van der Waals surface area contributed by atoms with E-state index in [-0.39, 0.29) is 11.8 Å². The second-order valence-corrected chi connectivity index (χ2v) is 6.71. The Labute approximate surface area is 128 Å². The van der Waals surface area contributed by atoms with Crippen LogP contribution in [0.25, 0.3) is 11.3 Å². The van der Waals surface area contributed by atoms with Gasteiger partial charge >= 0.3 is 0 Å². The monoisotopic (exact) mass is 299 g/mol. The summed E-state index contributed by atoms with van der Waals surface area (Å²) in [6, 6.07) is 7.98. The predicted molar refractivity (Wildman–Crippen MR) is 84.4 cm³/mol. The van der Waals surface area contributed by atoms with Crippen LogP contribution >= 0.6 is 11.8 Å². The number of nitrogens with zero attached hydrogens (tertiary/aromatic N) is 2. The van der Waals surface area contributed by atoms with Crippen molar-refractivity contribution in [2.75, 3.05) is 11.1 Å². The van der Waals surface area contributed by atoms with Gasteiger partial charge in [-0.1, -0.05) is 30.3 Å². The molecule has 4 nitrogen and oxygen atoms in total. The van der Waals surface area contributed by atoms with Gasteiger partial charge in [0.15, 0.2) is 5.16 Å². The lowest BCUT2D eigenvalue weighted by Crippen LogP contribution is -2.27. The molecule has 2 aromatic rings. The van der Waals surface area contributed by atoms with Gasteiger partial charge in [-0.3, -0.25) is 4.79 Å². The molecule has 0 radical (unpaired) electrons. The molecule has 1 amide bonds. The molecule has 2 heterocycles. The first kappa shape index (κ1) is 13.0. The number of imidazole rings is 1. The molecule has 1 saturated carbocycles. The number of amides is 1. The normalized spacial score (nSPS) is 17.3. The number of nitrogens with one attached hydrogen (secondary N) is 1. The van der Waals surface area contributed by atoms with Crippen LogP contribution in [0.2, 0.25) is 0 Å². The van der Waals surface area contributed by atoms with Crippen LogP contribution in [0.5, 0.6) is 0 Å². The van der Waals surface area contributed by atoms with E-state index in [0.717, 1.165) is 47.2 Å². The van der Waals surface area contributed by atoms with Crippen LogP contribution in [0.4, 0.5) is 5.69 Å². The molecule has 0 bridgehead atoms. The summed E-state index contributed by atoms with van der Waals surface area (Å²) < 4.78 is 2.20. The van der Waals surface area contributed by atoms with Crippen molar-refractivity contribution < 1.29 is 4.79 Å². The predicted octanol–water partition coefficient (Wildman–Crippen LogP) is 3.39. The van der Waals surface area contributed by atoms with Crippen molar-refractivity contribution >= 4 is 23.4 Å². The van der Waals surface area contributed by atoms with Crippen LogP contribution in [0, 0.1) is 5.92 Å². The Morgan fingerprint density at radius 2 is 2.10 bits per heavy atom. The van der Waals surface area contributed by atoms with Crippen LogP contribution < -0.4 is 5.32 Å². The minimum atomic E-state index is 0.159. The molecule has 1 aliphatic heterocycles. The number of aryl methyl sites for hydroxylation is 1. The fraction of sp³-hybridized carbons (Fsp3) is 0.375. The Morgan fingerprint density at radius 3 is 2.76 bits per heavy atom. The maximum atomic E-state index is 11.9. The molecule has 1 aromatic carbocycles. The molecule has 5 heteroatoms. The number of hydrogen-bond acceptors (Lipinski definition) is 3. The molecule has 1 N–H and O–H groups in total. The van der Waals surface area contributed by atoms with Gasteiger partial charge in [-0.15, -0.1) is 0 Å². The van der Waals surface area contributed by atoms with Crippen molar-refractivity contribution in [2.45, 2.75) is 31.0 Å². The molecule has 21 heavy (non-hydrogen) atoms. The topological polar surface area (TPSA) is 46.9 Å². The van der Waals surface area contributed by atoms with E-state index in [2.05, 4.69) is 21.1 Å². The average molecular weight is 299 g/mol. The molecule has 1 fully saturated rings. The molecule has 0 saturated heterocycles. The number of carbonyl (C=O) groups is 1. The summed E-state index contributed by atoms with van der Waals surface area (Å²) in [5.41, 5.74) is 2.98. The fourth-order valence-electron chi connectivity index (χ4n) is 2.69. The zero-order valence-corrected chi connectivity index (χ0v) is 12.5. The van der Waals surface area contributed by atoms with Crippen molar-refractivity contribution in [3.8, 4) is 11.3 Å². The molecule has 4 rings (SSSR count). The first-order valence-electron chi connectivity index (χ1n) is 7.41. The number of hydrogen-bond donors (Lipinski definition) is 1. The highest BCUT2D eigenvalue weighted by molar-refractivity contribution is 7.99. The van der Waals surface area contributed by atoms with Gasteiger partial charge in [-0.05, 0) is 25.0 Å². The van der Waals surface area contributed by atoms with Crippen molar-refractivity contribution in [2.24, 2.45) is 5.92 Å². The number of fused-ring (bicyclic) bond motifs is 1. The minimum Gasteiger partial charge on any atom is -0.326 e. The third-order valence-corrected chi connectivity index (χ3v) is 5.20. The zero-order valence-electron chi connectivity index (χ0n) is 11.7. The van der Waals surface area contributed by atoms with Gasteiger partial charge in [-0.2, -0.15) is 0 Å². The Hall–Kier alpha value is -1.75. The highest BCUT2D eigenvalue weighted by atomic mass is 32.2. The smallest absolute Gasteiger partial charge is 0.227 e. The van der Waals surface area contributed by atoms with E-state index in [4.69, 9.17) is 0 Å². The van der Waals surface area contributed by atoms with E-state index in [9.17, 15) is 4.79 Å². The molecule has 1 aromatic heterocycles. The molecule has 2 aliphatic rings. The molecule has 108 valence electrons. The Kier molecular flexibility index (Phi) is 3.22. The maximum Gasteiger partial charge on any atom is 0.227 e. The van der Waals surface area contributed by atoms with E-state index in [1.165, 1.54) is 6.42 Å². The second-order valence-electron chi connectivity index (χ2n) is 5.65. The summed E-state index contributed by atoms with van der Waals surface area (Å²) >= 11 is 1.80. The van der Waals surface area contributed by atoms with Gasteiger partial charge in [0, 0.05) is 35.7 Å². The summed E-state index contributed by atoms with van der Waals surface area (Å²) in [6.07, 6.45) is 5.35. The second kappa shape index (κ2) is 5.22. The quantitative estimate of drug-likeness (QED) is 0.945. The Balaban J connectivity index is 1.48. The van der Waals surface area contributed by atoms with E-state index >= 15 is 0 Å². The largest absolute Gasteiger partial charge is 0.326 e. The Bertz CT molecular complexity index is 652. The van der Waals surface area contributed by atoms with Gasteiger partial charge in [-0.25, -0.2) is 4.98 Å². The number of thioether (sulfide) groups is 1. The van der Waals surface area contributed by atoms with Gasteiger partial charge in [0.1, 0.15) is 0 Å². The Morgan fingerprint density at radius 1 is 1.29 bits per heavy atom. The standard InChI is InChI=1S/C16H17N3OS/c20-15(12-2-1-3-12)17-13-6-4-11(5-7-13)14-10-19-8-9-21-16(19)18-14/h4-7,10,12H,1-3,8-9H2,(H,17,20). The molecule has 0 spiro atoms. The van der Waals surface area contributed by atoms with Crippen molar-refractivity contribution in [3.05, 3.63) is 30.5 Å². The van der Waals surface area contributed by atoms with Gasteiger partial charge in [0.05, 0.1) is 5.69 Å². The van der Waals surface area contributed by atoms with Gasteiger partial charge in [0.25, 0.3) is 0 Å². The lowest BCUT2D eigenvalue weighted by atomic mass is 9.85. The zero-order chi connectivity index (χ0) is 14.2. The molecule has 1 aliphatic carbocycles.